The summed E-state index contributed by atoms with van der Waals surface area (Å²) in [5.74, 6) is 3.64. The second kappa shape index (κ2) is 10.4. The first kappa shape index (κ1) is 22.0. The smallest absolute Gasteiger partial charge is 0.240 e. The van der Waals surface area contributed by atoms with Crippen molar-refractivity contribution in [2.24, 2.45) is 0 Å². The molecule has 170 valence electrons. The monoisotopic (exact) mass is 438 g/mol. The van der Waals surface area contributed by atoms with E-state index < -0.39 is 0 Å². The largest absolute Gasteiger partial charge is 0.493 e. The Bertz CT molecular complexity index is 1010. The summed E-state index contributed by atoms with van der Waals surface area (Å²) in [6.07, 6.45) is 0.575. The van der Waals surface area contributed by atoms with Crippen LogP contribution in [0.5, 0.6) is 17.2 Å². The van der Waals surface area contributed by atoms with E-state index in [1.54, 1.807) is 14.2 Å². The van der Waals surface area contributed by atoms with E-state index >= 15 is 0 Å². The first-order valence-electron chi connectivity index (χ1n) is 10.9. The van der Waals surface area contributed by atoms with Crippen molar-refractivity contribution in [2.45, 2.75) is 19.9 Å². The minimum atomic E-state index is 0.575. The van der Waals surface area contributed by atoms with Crippen LogP contribution < -0.4 is 19.1 Å². The molecule has 0 spiro atoms. The van der Waals surface area contributed by atoms with Gasteiger partial charge in [-0.25, -0.2) is 0 Å². The van der Waals surface area contributed by atoms with Crippen LogP contribution in [0.2, 0.25) is 0 Å². The van der Waals surface area contributed by atoms with E-state index in [-0.39, 0.29) is 0 Å². The molecule has 0 aliphatic carbocycles. The maximum absolute atomic E-state index is 5.79. The average molecular weight is 439 g/mol. The molecular formula is C24H30N4O4. The molecule has 1 aromatic heterocycles. The van der Waals surface area contributed by atoms with Gasteiger partial charge in [0.05, 0.1) is 33.1 Å². The number of piperazine rings is 1. The van der Waals surface area contributed by atoms with Gasteiger partial charge in [-0.15, -0.1) is 0 Å². The Hall–Kier alpha value is -3.26. The number of anilines is 1. The molecule has 1 aliphatic heterocycles. The molecule has 4 rings (SSSR count). The second-order valence-electron chi connectivity index (χ2n) is 7.63. The van der Waals surface area contributed by atoms with Gasteiger partial charge in [-0.3, -0.25) is 4.90 Å². The standard InChI is InChI=1S/C24H30N4O4/c1-4-31-20-8-6-5-7-19(20)28-13-11-27(12-14-28)17-24-25-23(26-32-24)16-18-9-10-21(29-2)22(15-18)30-3/h5-10,15H,4,11-14,16-17H2,1-3H3. The van der Waals surface area contributed by atoms with Crippen LogP contribution in [-0.4, -0.2) is 62.0 Å². The maximum Gasteiger partial charge on any atom is 0.240 e. The van der Waals surface area contributed by atoms with Crippen molar-refractivity contribution in [3.8, 4) is 17.2 Å². The lowest BCUT2D eigenvalue weighted by atomic mass is 10.1. The van der Waals surface area contributed by atoms with Crippen LogP contribution in [-0.2, 0) is 13.0 Å². The lowest BCUT2D eigenvalue weighted by molar-refractivity contribution is 0.214. The zero-order chi connectivity index (χ0) is 22.3. The molecule has 2 aromatic carbocycles. The van der Waals surface area contributed by atoms with Crippen molar-refractivity contribution in [3.05, 3.63) is 59.7 Å². The second-order valence-corrected chi connectivity index (χ2v) is 7.63. The Morgan fingerprint density at radius 1 is 0.938 bits per heavy atom. The summed E-state index contributed by atoms with van der Waals surface area (Å²) in [4.78, 5) is 9.30. The predicted octanol–water partition coefficient (Wildman–Crippen LogP) is 3.40. The lowest BCUT2D eigenvalue weighted by Crippen LogP contribution is -2.46. The summed E-state index contributed by atoms with van der Waals surface area (Å²) in [7, 11) is 3.25. The molecule has 0 radical (unpaired) electrons. The van der Waals surface area contributed by atoms with E-state index in [4.69, 9.17) is 18.7 Å². The highest BCUT2D eigenvalue weighted by Crippen LogP contribution is 2.29. The van der Waals surface area contributed by atoms with Crippen molar-refractivity contribution in [3.63, 3.8) is 0 Å². The number of benzene rings is 2. The first-order chi connectivity index (χ1) is 15.7. The van der Waals surface area contributed by atoms with Gasteiger partial charge in [-0.1, -0.05) is 23.4 Å². The highest BCUT2D eigenvalue weighted by molar-refractivity contribution is 5.58. The molecule has 8 nitrogen and oxygen atoms in total. The number of nitrogens with zero attached hydrogens (tertiary/aromatic N) is 4. The summed E-state index contributed by atoms with van der Waals surface area (Å²) in [6.45, 7) is 7.04. The third-order valence-electron chi connectivity index (χ3n) is 5.56. The van der Waals surface area contributed by atoms with Crippen LogP contribution in [0.3, 0.4) is 0 Å². The molecule has 1 aliphatic rings. The first-order valence-corrected chi connectivity index (χ1v) is 10.9. The van der Waals surface area contributed by atoms with Crippen LogP contribution >= 0.6 is 0 Å². The summed E-state index contributed by atoms with van der Waals surface area (Å²) in [5.41, 5.74) is 2.19. The molecule has 0 bridgehead atoms. The molecule has 3 aromatic rings. The van der Waals surface area contributed by atoms with Gasteiger partial charge >= 0.3 is 0 Å². The number of ether oxygens (including phenoxy) is 3. The van der Waals surface area contributed by atoms with Gasteiger partial charge in [0, 0.05) is 32.6 Å². The number of methoxy groups -OCH3 is 2. The molecule has 1 saturated heterocycles. The zero-order valence-electron chi connectivity index (χ0n) is 18.9. The number of hydrogen-bond donors (Lipinski definition) is 0. The Morgan fingerprint density at radius 2 is 1.72 bits per heavy atom. The topological polar surface area (TPSA) is 73.1 Å². The van der Waals surface area contributed by atoms with Crippen molar-refractivity contribution in [1.82, 2.24) is 15.0 Å². The van der Waals surface area contributed by atoms with Gasteiger partial charge in [0.25, 0.3) is 0 Å². The molecule has 2 heterocycles. The Balaban J connectivity index is 1.32. The summed E-state index contributed by atoms with van der Waals surface area (Å²) >= 11 is 0. The number of rotatable bonds is 9. The minimum absolute atomic E-state index is 0.575. The third kappa shape index (κ3) is 5.13. The van der Waals surface area contributed by atoms with Crippen LogP contribution in [0.15, 0.2) is 47.0 Å². The molecule has 0 unspecified atom stereocenters. The fraction of sp³-hybridized carbons (Fsp3) is 0.417. The van der Waals surface area contributed by atoms with Gasteiger partial charge in [0.1, 0.15) is 5.75 Å². The van der Waals surface area contributed by atoms with E-state index in [9.17, 15) is 0 Å². The summed E-state index contributed by atoms with van der Waals surface area (Å²) < 4.78 is 22.0. The van der Waals surface area contributed by atoms with Gasteiger partial charge < -0.3 is 23.6 Å². The number of hydrogen-bond acceptors (Lipinski definition) is 8. The molecule has 1 fully saturated rings. The van der Waals surface area contributed by atoms with E-state index in [0.29, 0.717) is 42.8 Å². The fourth-order valence-electron chi connectivity index (χ4n) is 3.93. The third-order valence-corrected chi connectivity index (χ3v) is 5.56. The molecule has 32 heavy (non-hydrogen) atoms. The summed E-state index contributed by atoms with van der Waals surface area (Å²) in [6, 6.07) is 14.0. The molecular weight excluding hydrogens is 408 g/mol. The molecule has 0 saturated carbocycles. The molecule has 8 heteroatoms. The molecule has 0 amide bonds. The Kier molecular flexibility index (Phi) is 7.11. The lowest BCUT2D eigenvalue weighted by Gasteiger charge is -2.36. The fourth-order valence-corrected chi connectivity index (χ4v) is 3.93. The van der Waals surface area contributed by atoms with E-state index in [0.717, 1.165) is 43.2 Å². The van der Waals surface area contributed by atoms with E-state index in [1.807, 2.05) is 37.3 Å². The maximum atomic E-state index is 5.79. The minimum Gasteiger partial charge on any atom is -0.493 e. The SMILES string of the molecule is CCOc1ccccc1N1CCN(Cc2nc(Cc3ccc(OC)c(OC)c3)no2)CC1. The van der Waals surface area contributed by atoms with Gasteiger partial charge in [0.2, 0.25) is 5.89 Å². The molecule has 0 N–H and O–H groups in total. The quantitative estimate of drug-likeness (QED) is 0.503. The van der Waals surface area contributed by atoms with Crippen molar-refractivity contribution in [1.29, 1.82) is 0 Å². The number of aromatic nitrogens is 2. The average Bonchev–Trinajstić information content (AvgIpc) is 3.26. The zero-order valence-corrected chi connectivity index (χ0v) is 18.9. The predicted molar refractivity (Wildman–Crippen MR) is 122 cm³/mol. The van der Waals surface area contributed by atoms with Crippen molar-refractivity contribution in [2.75, 3.05) is 51.9 Å². The highest BCUT2D eigenvalue weighted by Gasteiger charge is 2.21. The Labute approximate surface area is 188 Å². The number of para-hydroxylation sites is 2. The van der Waals surface area contributed by atoms with Crippen LogP contribution in [0.1, 0.15) is 24.2 Å². The van der Waals surface area contributed by atoms with Gasteiger partial charge in [-0.05, 0) is 36.8 Å². The van der Waals surface area contributed by atoms with Crippen LogP contribution in [0.25, 0.3) is 0 Å². The normalized spacial score (nSPS) is 14.4. The van der Waals surface area contributed by atoms with Gasteiger partial charge in [-0.2, -0.15) is 4.98 Å². The highest BCUT2D eigenvalue weighted by atomic mass is 16.5. The Morgan fingerprint density at radius 3 is 2.47 bits per heavy atom. The van der Waals surface area contributed by atoms with Crippen molar-refractivity contribution < 1.29 is 18.7 Å². The summed E-state index contributed by atoms with van der Waals surface area (Å²) in [5, 5.41) is 4.16. The van der Waals surface area contributed by atoms with Crippen molar-refractivity contribution >= 4 is 5.69 Å². The van der Waals surface area contributed by atoms with Crippen LogP contribution in [0, 0.1) is 0 Å². The van der Waals surface area contributed by atoms with Gasteiger partial charge in [0.15, 0.2) is 17.3 Å². The van der Waals surface area contributed by atoms with E-state index in [2.05, 4.69) is 32.1 Å². The van der Waals surface area contributed by atoms with E-state index in [1.165, 1.54) is 0 Å². The molecule has 0 atom stereocenters. The van der Waals surface area contributed by atoms with Crippen LogP contribution in [0.4, 0.5) is 5.69 Å².